The molecule has 0 aliphatic heterocycles. The van der Waals surface area contributed by atoms with E-state index < -0.39 is 0 Å². The molecule has 0 aliphatic carbocycles. The van der Waals surface area contributed by atoms with E-state index in [2.05, 4.69) is 27.9 Å². The summed E-state index contributed by atoms with van der Waals surface area (Å²) < 4.78 is 2.04. The van der Waals surface area contributed by atoms with Gasteiger partial charge in [0.05, 0.1) is 23.1 Å². The van der Waals surface area contributed by atoms with Gasteiger partial charge >= 0.3 is 0 Å². The van der Waals surface area contributed by atoms with Gasteiger partial charge in [0.15, 0.2) is 0 Å². The van der Waals surface area contributed by atoms with Crippen LogP contribution in [0.25, 0.3) is 16.6 Å². The summed E-state index contributed by atoms with van der Waals surface area (Å²) in [5.41, 5.74) is 3.73. The standard InChI is InChI=1S/C19H19N5O/c1-13-6-5-9-24-11-14(20-18(13)24)10-23(2)12-17-21-16-8-4-3-7-15(16)19(25)22-17/h3-9,11H,10,12H2,1-2H3,(H,21,22,25). The van der Waals surface area contributed by atoms with Crippen LogP contribution in [0.1, 0.15) is 17.1 Å². The molecular weight excluding hydrogens is 314 g/mol. The van der Waals surface area contributed by atoms with Crippen LogP contribution in [-0.2, 0) is 13.1 Å². The highest BCUT2D eigenvalue weighted by Gasteiger charge is 2.09. The first kappa shape index (κ1) is 15.5. The van der Waals surface area contributed by atoms with Crippen LogP contribution in [0, 0.1) is 6.92 Å². The van der Waals surface area contributed by atoms with Gasteiger partial charge in [0, 0.05) is 18.9 Å². The van der Waals surface area contributed by atoms with Crippen molar-refractivity contribution in [3.8, 4) is 0 Å². The van der Waals surface area contributed by atoms with Crippen LogP contribution in [0.5, 0.6) is 0 Å². The lowest BCUT2D eigenvalue weighted by Crippen LogP contribution is -2.22. The van der Waals surface area contributed by atoms with Crippen LogP contribution in [0.2, 0.25) is 0 Å². The summed E-state index contributed by atoms with van der Waals surface area (Å²) in [6, 6.07) is 11.4. The Labute approximate surface area is 144 Å². The Balaban J connectivity index is 1.56. The Kier molecular flexibility index (Phi) is 3.82. The van der Waals surface area contributed by atoms with Crippen LogP contribution in [0.3, 0.4) is 0 Å². The fourth-order valence-electron chi connectivity index (χ4n) is 3.08. The normalized spacial score (nSPS) is 11.6. The molecule has 6 nitrogen and oxygen atoms in total. The first-order valence-corrected chi connectivity index (χ1v) is 8.20. The molecule has 1 N–H and O–H groups in total. The zero-order valence-electron chi connectivity index (χ0n) is 14.2. The van der Waals surface area contributed by atoms with Crippen LogP contribution >= 0.6 is 0 Å². The molecule has 0 amide bonds. The highest BCUT2D eigenvalue weighted by atomic mass is 16.1. The number of aromatic amines is 1. The van der Waals surface area contributed by atoms with E-state index in [-0.39, 0.29) is 5.56 Å². The van der Waals surface area contributed by atoms with Gasteiger partial charge in [-0.25, -0.2) is 9.97 Å². The zero-order valence-corrected chi connectivity index (χ0v) is 14.2. The number of hydrogen-bond donors (Lipinski definition) is 1. The van der Waals surface area contributed by atoms with E-state index >= 15 is 0 Å². The maximum Gasteiger partial charge on any atom is 0.258 e. The lowest BCUT2D eigenvalue weighted by atomic mass is 10.2. The molecule has 0 aliphatic rings. The van der Waals surface area contributed by atoms with Gasteiger partial charge < -0.3 is 9.38 Å². The van der Waals surface area contributed by atoms with E-state index in [1.807, 2.05) is 48.1 Å². The second-order valence-electron chi connectivity index (χ2n) is 6.36. The SMILES string of the molecule is Cc1cccn2cc(CN(C)Cc3nc4ccccc4c(=O)[nH]3)nc12. The van der Waals surface area contributed by atoms with Crippen molar-refractivity contribution in [2.24, 2.45) is 0 Å². The zero-order chi connectivity index (χ0) is 17.4. The maximum absolute atomic E-state index is 12.2. The molecule has 126 valence electrons. The van der Waals surface area contributed by atoms with Crippen molar-refractivity contribution in [1.82, 2.24) is 24.3 Å². The second kappa shape index (κ2) is 6.14. The van der Waals surface area contributed by atoms with E-state index in [0.29, 0.717) is 24.3 Å². The predicted molar refractivity (Wildman–Crippen MR) is 97.5 cm³/mol. The molecule has 0 atom stereocenters. The number of imidazole rings is 1. The Morgan fingerprint density at radius 1 is 1.12 bits per heavy atom. The molecule has 6 heteroatoms. The Morgan fingerprint density at radius 2 is 1.96 bits per heavy atom. The number of nitrogens with one attached hydrogen (secondary N) is 1. The number of rotatable bonds is 4. The average Bonchev–Trinajstić information content (AvgIpc) is 2.98. The van der Waals surface area contributed by atoms with Crippen molar-refractivity contribution >= 4 is 16.6 Å². The summed E-state index contributed by atoms with van der Waals surface area (Å²) >= 11 is 0. The number of aryl methyl sites for hydroxylation is 1. The number of H-pyrrole nitrogens is 1. The van der Waals surface area contributed by atoms with E-state index in [0.717, 1.165) is 22.4 Å². The Bertz CT molecular complexity index is 1110. The molecule has 25 heavy (non-hydrogen) atoms. The van der Waals surface area contributed by atoms with Crippen LogP contribution in [0.4, 0.5) is 0 Å². The molecule has 3 heterocycles. The number of nitrogens with zero attached hydrogens (tertiary/aromatic N) is 4. The van der Waals surface area contributed by atoms with Crippen LogP contribution in [0.15, 0.2) is 53.6 Å². The number of para-hydroxylation sites is 1. The minimum Gasteiger partial charge on any atom is -0.309 e. The van der Waals surface area contributed by atoms with Crippen molar-refractivity contribution < 1.29 is 0 Å². The monoisotopic (exact) mass is 333 g/mol. The largest absolute Gasteiger partial charge is 0.309 e. The van der Waals surface area contributed by atoms with Gasteiger partial charge in [-0.05, 0) is 37.7 Å². The number of aromatic nitrogens is 4. The quantitative estimate of drug-likeness (QED) is 0.623. The van der Waals surface area contributed by atoms with Gasteiger partial charge in [0.25, 0.3) is 5.56 Å². The van der Waals surface area contributed by atoms with Gasteiger partial charge in [-0.1, -0.05) is 18.2 Å². The lowest BCUT2D eigenvalue weighted by Gasteiger charge is -2.14. The van der Waals surface area contributed by atoms with E-state index in [1.54, 1.807) is 6.07 Å². The highest BCUT2D eigenvalue weighted by Crippen LogP contribution is 2.12. The third-order valence-electron chi connectivity index (χ3n) is 4.24. The molecule has 3 aromatic heterocycles. The maximum atomic E-state index is 12.2. The Hall–Kier alpha value is -2.99. The predicted octanol–water partition coefficient (Wildman–Crippen LogP) is 2.51. The summed E-state index contributed by atoms with van der Waals surface area (Å²) in [6.07, 6.45) is 4.04. The van der Waals surface area contributed by atoms with Crippen LogP contribution < -0.4 is 5.56 Å². The molecule has 0 radical (unpaired) electrons. The van der Waals surface area contributed by atoms with Crippen molar-refractivity contribution in [2.75, 3.05) is 7.05 Å². The average molecular weight is 333 g/mol. The molecule has 0 saturated carbocycles. The minimum atomic E-state index is -0.0997. The molecule has 4 rings (SSSR count). The number of hydrogen-bond acceptors (Lipinski definition) is 4. The van der Waals surface area contributed by atoms with Gasteiger partial charge in [-0.15, -0.1) is 0 Å². The molecule has 0 saturated heterocycles. The Morgan fingerprint density at radius 3 is 2.80 bits per heavy atom. The minimum absolute atomic E-state index is 0.0997. The summed E-state index contributed by atoms with van der Waals surface area (Å²) in [6.45, 7) is 3.28. The van der Waals surface area contributed by atoms with Gasteiger partial charge in [0.1, 0.15) is 11.5 Å². The third kappa shape index (κ3) is 3.04. The molecule has 0 spiro atoms. The fourth-order valence-corrected chi connectivity index (χ4v) is 3.08. The number of pyridine rings is 1. The molecule has 1 aromatic carbocycles. The first-order chi connectivity index (χ1) is 12.1. The van der Waals surface area contributed by atoms with E-state index in [9.17, 15) is 4.79 Å². The first-order valence-electron chi connectivity index (χ1n) is 8.20. The van der Waals surface area contributed by atoms with Crippen LogP contribution in [-0.4, -0.2) is 31.3 Å². The van der Waals surface area contributed by atoms with Gasteiger partial charge in [0.2, 0.25) is 0 Å². The fraction of sp³-hybridized carbons (Fsp3) is 0.211. The number of fused-ring (bicyclic) bond motifs is 2. The topological polar surface area (TPSA) is 66.3 Å². The van der Waals surface area contributed by atoms with Crippen molar-refractivity contribution in [3.63, 3.8) is 0 Å². The van der Waals surface area contributed by atoms with Crippen molar-refractivity contribution in [1.29, 1.82) is 0 Å². The summed E-state index contributed by atoms with van der Waals surface area (Å²) in [7, 11) is 1.99. The molecular formula is C19H19N5O. The summed E-state index contributed by atoms with van der Waals surface area (Å²) in [5, 5.41) is 0.615. The second-order valence-corrected chi connectivity index (χ2v) is 6.36. The molecule has 0 bridgehead atoms. The van der Waals surface area contributed by atoms with Crippen molar-refractivity contribution in [2.45, 2.75) is 20.0 Å². The molecule has 0 fully saturated rings. The van der Waals surface area contributed by atoms with Crippen molar-refractivity contribution in [3.05, 3.63) is 76.2 Å². The molecule has 0 unspecified atom stereocenters. The molecule has 4 aromatic rings. The highest BCUT2D eigenvalue weighted by molar-refractivity contribution is 5.77. The third-order valence-corrected chi connectivity index (χ3v) is 4.24. The van der Waals surface area contributed by atoms with Gasteiger partial charge in [-0.2, -0.15) is 0 Å². The summed E-state index contributed by atoms with van der Waals surface area (Å²) in [4.78, 5) is 26.4. The number of benzene rings is 1. The van der Waals surface area contributed by atoms with Gasteiger partial charge in [-0.3, -0.25) is 9.69 Å². The smallest absolute Gasteiger partial charge is 0.258 e. The lowest BCUT2D eigenvalue weighted by molar-refractivity contribution is 0.307. The summed E-state index contributed by atoms with van der Waals surface area (Å²) in [5.74, 6) is 0.658. The van der Waals surface area contributed by atoms with E-state index in [1.165, 1.54) is 0 Å². The van der Waals surface area contributed by atoms with E-state index in [4.69, 9.17) is 4.98 Å².